The molecule has 9 heteroatoms. The molecule has 0 saturated heterocycles. The molecule has 0 aromatic heterocycles. The van der Waals surface area contributed by atoms with Crippen molar-refractivity contribution in [3.05, 3.63) is 90.5 Å². The third-order valence-corrected chi connectivity index (χ3v) is 8.37. The lowest BCUT2D eigenvalue weighted by molar-refractivity contribution is -0.139. The van der Waals surface area contributed by atoms with Gasteiger partial charge in [-0.15, -0.1) is 0 Å². The first-order valence-corrected chi connectivity index (χ1v) is 15.5. The minimum Gasteiger partial charge on any atom is -0.492 e. The molecule has 0 radical (unpaired) electrons. The Kier molecular flexibility index (Phi) is 11.8. The van der Waals surface area contributed by atoms with Gasteiger partial charge in [0.1, 0.15) is 18.3 Å². The Balaban J connectivity index is 2.03. The van der Waals surface area contributed by atoms with Crippen LogP contribution in [0.1, 0.15) is 39.7 Å². The SMILES string of the molecule is CCOc1ccccc1N(CC(=O)N(CCc1ccccc1)[C@@H](CC)C(=O)NCC(C)C)S(=O)(=O)c1ccccc1. The van der Waals surface area contributed by atoms with Crippen LogP contribution in [-0.4, -0.2) is 57.4 Å². The Hall–Kier alpha value is -3.85. The minimum atomic E-state index is -4.16. The van der Waals surface area contributed by atoms with Gasteiger partial charge in [0.2, 0.25) is 11.8 Å². The van der Waals surface area contributed by atoms with Crippen LogP contribution < -0.4 is 14.4 Å². The van der Waals surface area contributed by atoms with Crippen LogP contribution >= 0.6 is 0 Å². The largest absolute Gasteiger partial charge is 0.492 e. The van der Waals surface area contributed by atoms with E-state index in [0.717, 1.165) is 9.87 Å². The second kappa shape index (κ2) is 15.2. The predicted molar refractivity (Wildman–Crippen MR) is 162 cm³/mol. The van der Waals surface area contributed by atoms with Crippen molar-refractivity contribution in [1.82, 2.24) is 10.2 Å². The Morgan fingerprint density at radius 2 is 1.49 bits per heavy atom. The van der Waals surface area contributed by atoms with Gasteiger partial charge in [-0.1, -0.05) is 81.4 Å². The number of benzene rings is 3. The number of carbonyl (C=O) groups excluding carboxylic acids is 2. The number of rotatable bonds is 15. The normalized spacial score (nSPS) is 12.0. The summed E-state index contributed by atoms with van der Waals surface area (Å²) in [5.74, 6) is -0.139. The van der Waals surface area contributed by atoms with Crippen molar-refractivity contribution in [3.8, 4) is 5.75 Å². The lowest BCUT2D eigenvalue weighted by Crippen LogP contribution is -2.53. The van der Waals surface area contributed by atoms with E-state index >= 15 is 0 Å². The standard InChI is InChI=1S/C32H41N3O5S/c1-5-28(32(37)33-23-25(3)4)34(22-21-26-15-9-7-10-16-26)31(36)24-35(29-19-13-14-20-30(29)40-6-2)41(38,39)27-17-11-8-12-18-27/h7-20,25,28H,5-6,21-24H2,1-4H3,(H,33,37)/t28-/m0/s1. The van der Waals surface area contributed by atoms with Gasteiger partial charge in [0.15, 0.2) is 0 Å². The van der Waals surface area contributed by atoms with E-state index in [-0.39, 0.29) is 29.0 Å². The quantitative estimate of drug-likeness (QED) is 0.276. The van der Waals surface area contributed by atoms with Crippen molar-refractivity contribution in [2.75, 3.05) is 30.5 Å². The average molecular weight is 580 g/mol. The Labute approximate surface area is 244 Å². The molecule has 1 N–H and O–H groups in total. The second-order valence-electron chi connectivity index (χ2n) is 10.1. The lowest BCUT2D eigenvalue weighted by atomic mass is 10.1. The number of ether oxygens (including phenoxy) is 1. The molecule has 0 unspecified atom stereocenters. The van der Waals surface area contributed by atoms with Gasteiger partial charge >= 0.3 is 0 Å². The fourth-order valence-electron chi connectivity index (χ4n) is 4.49. The number of hydrogen-bond donors (Lipinski definition) is 1. The third-order valence-electron chi connectivity index (χ3n) is 6.60. The second-order valence-corrected chi connectivity index (χ2v) is 12.0. The molecule has 41 heavy (non-hydrogen) atoms. The van der Waals surface area contributed by atoms with Crippen LogP contribution in [-0.2, 0) is 26.0 Å². The zero-order valence-electron chi connectivity index (χ0n) is 24.3. The van der Waals surface area contributed by atoms with Crippen molar-refractivity contribution in [2.24, 2.45) is 5.92 Å². The highest BCUT2D eigenvalue weighted by Crippen LogP contribution is 2.32. The summed E-state index contributed by atoms with van der Waals surface area (Å²) in [6.45, 7) is 8.22. The molecule has 0 aliphatic rings. The number of carbonyl (C=O) groups is 2. The van der Waals surface area contributed by atoms with Gasteiger partial charge < -0.3 is 15.0 Å². The van der Waals surface area contributed by atoms with E-state index in [1.165, 1.54) is 17.0 Å². The Morgan fingerprint density at radius 3 is 2.10 bits per heavy atom. The monoisotopic (exact) mass is 579 g/mol. The predicted octanol–water partition coefficient (Wildman–Crippen LogP) is 4.90. The van der Waals surface area contributed by atoms with E-state index in [0.29, 0.717) is 31.7 Å². The Morgan fingerprint density at radius 1 is 0.878 bits per heavy atom. The van der Waals surface area contributed by atoms with Crippen LogP contribution in [0.25, 0.3) is 0 Å². The van der Waals surface area contributed by atoms with E-state index in [2.05, 4.69) is 5.32 Å². The molecule has 0 aliphatic carbocycles. The van der Waals surface area contributed by atoms with Crippen molar-refractivity contribution in [1.29, 1.82) is 0 Å². The van der Waals surface area contributed by atoms with Crippen molar-refractivity contribution < 1.29 is 22.7 Å². The Bertz CT molecular complexity index is 1360. The molecular weight excluding hydrogens is 538 g/mol. The van der Waals surface area contributed by atoms with E-state index in [9.17, 15) is 18.0 Å². The highest BCUT2D eigenvalue weighted by Gasteiger charge is 2.34. The van der Waals surface area contributed by atoms with E-state index < -0.39 is 28.5 Å². The molecule has 0 fully saturated rings. The molecule has 0 aliphatic heterocycles. The molecule has 2 amide bonds. The number of nitrogens with zero attached hydrogens (tertiary/aromatic N) is 2. The molecular formula is C32H41N3O5S. The van der Waals surface area contributed by atoms with Crippen LogP contribution in [0.15, 0.2) is 89.8 Å². The van der Waals surface area contributed by atoms with Crippen molar-refractivity contribution in [2.45, 2.75) is 51.5 Å². The number of hydrogen-bond acceptors (Lipinski definition) is 5. The van der Waals surface area contributed by atoms with Gasteiger partial charge in [-0.25, -0.2) is 8.42 Å². The molecule has 3 rings (SSSR count). The molecule has 3 aromatic carbocycles. The summed E-state index contributed by atoms with van der Waals surface area (Å²) in [6.07, 6.45) is 0.896. The van der Waals surface area contributed by atoms with Gasteiger partial charge in [-0.05, 0) is 55.5 Å². The summed E-state index contributed by atoms with van der Waals surface area (Å²) in [5.41, 5.74) is 1.27. The molecule has 220 valence electrons. The zero-order valence-corrected chi connectivity index (χ0v) is 25.1. The summed E-state index contributed by atoms with van der Waals surface area (Å²) in [7, 11) is -4.16. The number of sulfonamides is 1. The molecule has 0 heterocycles. The first kappa shape index (κ1) is 31.7. The fraction of sp³-hybridized carbons (Fsp3) is 0.375. The number of amides is 2. The third kappa shape index (κ3) is 8.57. The molecule has 1 atom stereocenters. The lowest BCUT2D eigenvalue weighted by Gasteiger charge is -2.33. The molecule has 0 bridgehead atoms. The van der Waals surface area contributed by atoms with Gasteiger partial charge in [0, 0.05) is 13.1 Å². The van der Waals surface area contributed by atoms with Gasteiger partial charge in [-0.3, -0.25) is 13.9 Å². The molecule has 0 spiro atoms. The molecule has 0 saturated carbocycles. The highest BCUT2D eigenvalue weighted by atomic mass is 32.2. The van der Waals surface area contributed by atoms with Crippen LogP contribution in [0.5, 0.6) is 5.75 Å². The van der Waals surface area contributed by atoms with Crippen molar-refractivity contribution in [3.63, 3.8) is 0 Å². The van der Waals surface area contributed by atoms with Crippen LogP contribution in [0.3, 0.4) is 0 Å². The smallest absolute Gasteiger partial charge is 0.264 e. The van der Waals surface area contributed by atoms with Crippen LogP contribution in [0.4, 0.5) is 5.69 Å². The highest BCUT2D eigenvalue weighted by molar-refractivity contribution is 7.92. The summed E-state index contributed by atoms with van der Waals surface area (Å²) < 4.78 is 34.8. The fourth-order valence-corrected chi connectivity index (χ4v) is 5.94. The first-order valence-electron chi connectivity index (χ1n) is 14.1. The van der Waals surface area contributed by atoms with Gasteiger partial charge in [0.25, 0.3) is 10.0 Å². The van der Waals surface area contributed by atoms with E-state index in [1.54, 1.807) is 42.5 Å². The number of para-hydroxylation sites is 2. The van der Waals surface area contributed by atoms with E-state index in [1.807, 2.05) is 58.0 Å². The number of anilines is 1. The summed E-state index contributed by atoms with van der Waals surface area (Å²) in [4.78, 5) is 29.0. The van der Waals surface area contributed by atoms with Gasteiger partial charge in [-0.2, -0.15) is 0 Å². The summed E-state index contributed by atoms with van der Waals surface area (Å²) >= 11 is 0. The molecule has 8 nitrogen and oxygen atoms in total. The maximum Gasteiger partial charge on any atom is 0.264 e. The average Bonchev–Trinajstić information content (AvgIpc) is 2.98. The maximum atomic E-state index is 14.1. The van der Waals surface area contributed by atoms with Crippen molar-refractivity contribution >= 4 is 27.5 Å². The topological polar surface area (TPSA) is 96.0 Å². The van der Waals surface area contributed by atoms with Gasteiger partial charge in [0.05, 0.1) is 17.2 Å². The van der Waals surface area contributed by atoms with E-state index in [4.69, 9.17) is 4.74 Å². The molecule has 3 aromatic rings. The zero-order chi connectivity index (χ0) is 29.8. The first-order chi connectivity index (χ1) is 19.7. The number of nitrogens with one attached hydrogen (secondary N) is 1. The maximum absolute atomic E-state index is 14.1. The van der Waals surface area contributed by atoms with Crippen LogP contribution in [0.2, 0.25) is 0 Å². The summed E-state index contributed by atoms with van der Waals surface area (Å²) in [6, 6.07) is 23.7. The summed E-state index contributed by atoms with van der Waals surface area (Å²) in [5, 5.41) is 2.95. The minimum absolute atomic E-state index is 0.0525. The van der Waals surface area contributed by atoms with Crippen LogP contribution in [0, 0.1) is 5.92 Å².